The monoisotopic (exact) mass is 196 g/mol. The lowest BCUT2D eigenvalue weighted by Gasteiger charge is -2.44. The third kappa shape index (κ3) is 1.70. The van der Waals surface area contributed by atoms with Crippen molar-refractivity contribution in [1.29, 1.82) is 0 Å². The molecular weight excluding hydrogens is 172 g/mol. The predicted molar refractivity (Wildman–Crippen MR) is 60.2 cm³/mol. The van der Waals surface area contributed by atoms with Gasteiger partial charge in [-0.15, -0.1) is 0 Å². The molecule has 0 aromatic carbocycles. The van der Waals surface area contributed by atoms with E-state index >= 15 is 0 Å². The van der Waals surface area contributed by atoms with Crippen molar-refractivity contribution in [2.45, 2.75) is 57.5 Å². The van der Waals surface area contributed by atoms with E-state index in [1.807, 2.05) is 0 Å². The van der Waals surface area contributed by atoms with Gasteiger partial charge in [0.15, 0.2) is 0 Å². The number of nitrogens with zero attached hydrogens (tertiary/aromatic N) is 1. The molecule has 2 fully saturated rings. The second-order valence-electron chi connectivity index (χ2n) is 5.60. The van der Waals surface area contributed by atoms with Crippen LogP contribution in [0.4, 0.5) is 0 Å². The van der Waals surface area contributed by atoms with Gasteiger partial charge in [-0.1, -0.05) is 6.42 Å². The summed E-state index contributed by atoms with van der Waals surface area (Å²) in [7, 11) is 0. The van der Waals surface area contributed by atoms with E-state index < -0.39 is 0 Å². The SMILES string of the molecule is CC1(C)CCCN1C(CN)C1CCC1. The van der Waals surface area contributed by atoms with Crippen LogP contribution in [0.15, 0.2) is 0 Å². The van der Waals surface area contributed by atoms with Gasteiger partial charge in [0, 0.05) is 18.1 Å². The molecule has 0 aromatic rings. The minimum Gasteiger partial charge on any atom is -0.329 e. The van der Waals surface area contributed by atoms with E-state index in [2.05, 4.69) is 18.7 Å². The van der Waals surface area contributed by atoms with Crippen molar-refractivity contribution >= 4 is 0 Å². The largest absolute Gasteiger partial charge is 0.329 e. The first-order valence-electron chi connectivity index (χ1n) is 6.12. The Labute approximate surface area is 87.8 Å². The van der Waals surface area contributed by atoms with Crippen molar-refractivity contribution in [2.75, 3.05) is 13.1 Å². The van der Waals surface area contributed by atoms with Crippen molar-refractivity contribution in [3.63, 3.8) is 0 Å². The number of hydrogen-bond acceptors (Lipinski definition) is 2. The highest BCUT2D eigenvalue weighted by Gasteiger charge is 2.40. The van der Waals surface area contributed by atoms with Gasteiger partial charge in [0.2, 0.25) is 0 Å². The summed E-state index contributed by atoms with van der Waals surface area (Å²) in [4.78, 5) is 2.68. The summed E-state index contributed by atoms with van der Waals surface area (Å²) < 4.78 is 0. The van der Waals surface area contributed by atoms with Crippen LogP contribution in [0.25, 0.3) is 0 Å². The summed E-state index contributed by atoms with van der Waals surface area (Å²) in [5.41, 5.74) is 6.34. The maximum Gasteiger partial charge on any atom is 0.0251 e. The Morgan fingerprint density at radius 3 is 2.43 bits per heavy atom. The Hall–Kier alpha value is -0.0800. The maximum absolute atomic E-state index is 5.94. The average molecular weight is 196 g/mol. The molecule has 1 atom stereocenters. The predicted octanol–water partition coefficient (Wildman–Crippen LogP) is 1.99. The van der Waals surface area contributed by atoms with E-state index in [4.69, 9.17) is 5.73 Å². The van der Waals surface area contributed by atoms with Gasteiger partial charge in [-0.3, -0.25) is 4.90 Å². The third-order valence-electron chi connectivity index (χ3n) is 4.30. The number of nitrogens with two attached hydrogens (primary N) is 1. The highest BCUT2D eigenvalue weighted by atomic mass is 15.2. The van der Waals surface area contributed by atoms with E-state index in [9.17, 15) is 0 Å². The Kier molecular flexibility index (Phi) is 2.85. The molecule has 1 saturated carbocycles. The number of likely N-dealkylation sites (tertiary alicyclic amines) is 1. The van der Waals surface area contributed by atoms with Crippen LogP contribution in [0, 0.1) is 5.92 Å². The minimum atomic E-state index is 0.402. The molecular formula is C12H24N2. The lowest BCUT2D eigenvalue weighted by Crippen LogP contribution is -2.53. The summed E-state index contributed by atoms with van der Waals surface area (Å²) in [6, 6.07) is 0.668. The molecule has 2 nitrogen and oxygen atoms in total. The van der Waals surface area contributed by atoms with Gasteiger partial charge in [-0.25, -0.2) is 0 Å². The summed E-state index contributed by atoms with van der Waals surface area (Å²) in [5.74, 6) is 0.900. The first kappa shape index (κ1) is 10.4. The number of hydrogen-bond donors (Lipinski definition) is 1. The first-order chi connectivity index (χ1) is 6.65. The summed E-state index contributed by atoms with van der Waals surface area (Å²) in [6.45, 7) is 6.88. The van der Waals surface area contributed by atoms with Crippen molar-refractivity contribution in [3.05, 3.63) is 0 Å². The van der Waals surface area contributed by atoms with Crippen molar-refractivity contribution in [1.82, 2.24) is 4.90 Å². The molecule has 82 valence electrons. The smallest absolute Gasteiger partial charge is 0.0251 e. The molecule has 2 heteroatoms. The van der Waals surface area contributed by atoms with Crippen molar-refractivity contribution in [3.8, 4) is 0 Å². The van der Waals surface area contributed by atoms with E-state index in [0.717, 1.165) is 12.5 Å². The molecule has 1 saturated heterocycles. The fourth-order valence-corrected chi connectivity index (χ4v) is 3.14. The molecule has 1 heterocycles. The summed E-state index contributed by atoms with van der Waals surface area (Å²) in [6.07, 6.45) is 6.95. The van der Waals surface area contributed by atoms with Crippen LogP contribution in [0.3, 0.4) is 0 Å². The summed E-state index contributed by atoms with van der Waals surface area (Å²) in [5, 5.41) is 0. The summed E-state index contributed by atoms with van der Waals surface area (Å²) >= 11 is 0. The molecule has 0 radical (unpaired) electrons. The van der Waals surface area contributed by atoms with Crippen LogP contribution in [-0.2, 0) is 0 Å². The molecule has 0 amide bonds. The van der Waals surface area contributed by atoms with Crippen LogP contribution >= 0.6 is 0 Å². The van der Waals surface area contributed by atoms with E-state index in [1.165, 1.54) is 38.6 Å². The molecule has 2 N–H and O–H groups in total. The fourth-order valence-electron chi connectivity index (χ4n) is 3.14. The van der Waals surface area contributed by atoms with Gasteiger partial charge in [-0.05, 0) is 52.0 Å². The normalized spacial score (nSPS) is 30.2. The van der Waals surface area contributed by atoms with Crippen molar-refractivity contribution < 1.29 is 0 Å². The van der Waals surface area contributed by atoms with Gasteiger partial charge in [0.1, 0.15) is 0 Å². The minimum absolute atomic E-state index is 0.402. The molecule has 1 aliphatic carbocycles. The maximum atomic E-state index is 5.94. The van der Waals surface area contributed by atoms with Crippen LogP contribution in [0.5, 0.6) is 0 Å². The van der Waals surface area contributed by atoms with Crippen LogP contribution < -0.4 is 5.73 Å². The molecule has 0 aromatic heterocycles. The molecule has 1 aliphatic heterocycles. The quantitative estimate of drug-likeness (QED) is 0.748. The Morgan fingerprint density at radius 2 is 2.07 bits per heavy atom. The highest BCUT2D eigenvalue weighted by molar-refractivity contribution is 4.96. The Balaban J connectivity index is 2.03. The number of rotatable bonds is 3. The van der Waals surface area contributed by atoms with E-state index in [-0.39, 0.29) is 0 Å². The van der Waals surface area contributed by atoms with Crippen LogP contribution in [0.2, 0.25) is 0 Å². The molecule has 14 heavy (non-hydrogen) atoms. The van der Waals surface area contributed by atoms with Gasteiger partial charge in [0.25, 0.3) is 0 Å². The van der Waals surface area contributed by atoms with E-state index in [1.54, 1.807) is 0 Å². The van der Waals surface area contributed by atoms with Crippen LogP contribution in [-0.4, -0.2) is 29.6 Å². The lowest BCUT2D eigenvalue weighted by molar-refractivity contribution is 0.0517. The van der Waals surface area contributed by atoms with Gasteiger partial charge in [-0.2, -0.15) is 0 Å². The first-order valence-corrected chi connectivity index (χ1v) is 6.12. The molecule has 2 aliphatic rings. The zero-order chi connectivity index (χ0) is 10.2. The fraction of sp³-hybridized carbons (Fsp3) is 1.00. The highest BCUT2D eigenvalue weighted by Crippen LogP contribution is 2.38. The van der Waals surface area contributed by atoms with Crippen molar-refractivity contribution in [2.24, 2.45) is 11.7 Å². The molecule has 1 unspecified atom stereocenters. The third-order valence-corrected chi connectivity index (χ3v) is 4.30. The van der Waals surface area contributed by atoms with Crippen LogP contribution in [0.1, 0.15) is 46.0 Å². The zero-order valence-electron chi connectivity index (χ0n) is 9.63. The Morgan fingerprint density at radius 1 is 1.36 bits per heavy atom. The van der Waals surface area contributed by atoms with Gasteiger partial charge < -0.3 is 5.73 Å². The topological polar surface area (TPSA) is 29.3 Å². The molecule has 0 bridgehead atoms. The van der Waals surface area contributed by atoms with Gasteiger partial charge >= 0.3 is 0 Å². The molecule has 0 spiro atoms. The molecule has 2 rings (SSSR count). The lowest BCUT2D eigenvalue weighted by atomic mass is 9.78. The zero-order valence-corrected chi connectivity index (χ0v) is 9.63. The Bertz CT molecular complexity index is 196. The average Bonchev–Trinajstić information content (AvgIpc) is 2.37. The standard InChI is InChI=1S/C12H24N2/c1-12(2)7-4-8-14(12)11(9-13)10-5-3-6-10/h10-11H,3-9,13H2,1-2H3. The van der Waals surface area contributed by atoms with E-state index in [0.29, 0.717) is 11.6 Å². The second kappa shape index (κ2) is 3.82. The second-order valence-corrected chi connectivity index (χ2v) is 5.60. The van der Waals surface area contributed by atoms with Gasteiger partial charge in [0.05, 0.1) is 0 Å².